The molecule has 0 fully saturated rings. The zero-order valence-electron chi connectivity index (χ0n) is 7.01. The molecule has 0 atom stereocenters. The van der Waals surface area contributed by atoms with Gasteiger partial charge in [0.25, 0.3) is 0 Å². The lowest BCUT2D eigenvalue weighted by Crippen LogP contribution is -1.90. The fraction of sp³-hybridized carbons (Fsp3) is 0.100. The number of hydrogen-bond acceptors (Lipinski definition) is 1. The van der Waals surface area contributed by atoms with Crippen molar-refractivity contribution in [2.24, 2.45) is 0 Å². The number of rotatable bonds is 0. The van der Waals surface area contributed by atoms with Gasteiger partial charge < -0.3 is 0 Å². The summed E-state index contributed by atoms with van der Waals surface area (Å²) in [6, 6.07) is 3.86. The summed E-state index contributed by atoms with van der Waals surface area (Å²) in [6.45, 7) is 1.73. The monoisotopic (exact) mass is 179 g/mol. The van der Waals surface area contributed by atoms with E-state index in [1.165, 1.54) is 6.20 Å². The first-order chi connectivity index (χ1) is 6.20. The molecule has 1 heterocycles. The van der Waals surface area contributed by atoms with E-state index in [0.717, 1.165) is 12.1 Å². The normalized spacial score (nSPS) is 10.7. The van der Waals surface area contributed by atoms with Crippen LogP contribution in [0, 0.1) is 18.6 Å². The van der Waals surface area contributed by atoms with E-state index in [9.17, 15) is 8.78 Å². The van der Waals surface area contributed by atoms with Crippen LogP contribution in [0.2, 0.25) is 0 Å². The van der Waals surface area contributed by atoms with Gasteiger partial charge in [0.05, 0.1) is 0 Å². The Labute approximate surface area is 74.0 Å². The highest BCUT2D eigenvalue weighted by molar-refractivity contribution is 5.82. The molecular weight excluding hydrogens is 172 g/mol. The molecule has 0 bridgehead atoms. The van der Waals surface area contributed by atoms with Gasteiger partial charge in [-0.2, -0.15) is 0 Å². The van der Waals surface area contributed by atoms with Crippen molar-refractivity contribution in [2.75, 3.05) is 0 Å². The van der Waals surface area contributed by atoms with Crippen molar-refractivity contribution >= 4 is 10.9 Å². The molecule has 1 nitrogen and oxygen atoms in total. The van der Waals surface area contributed by atoms with Gasteiger partial charge in [-0.15, -0.1) is 0 Å². The average Bonchev–Trinajstić information content (AvgIpc) is 2.12. The van der Waals surface area contributed by atoms with Crippen molar-refractivity contribution in [1.82, 2.24) is 4.98 Å². The third kappa shape index (κ3) is 1.16. The number of aryl methyl sites for hydroxylation is 1. The highest BCUT2D eigenvalue weighted by Gasteiger charge is 2.08. The third-order valence-corrected chi connectivity index (χ3v) is 2.00. The summed E-state index contributed by atoms with van der Waals surface area (Å²) >= 11 is 0. The summed E-state index contributed by atoms with van der Waals surface area (Å²) in [5, 5.41) is 0.266. The highest BCUT2D eigenvalue weighted by Crippen LogP contribution is 2.21. The Morgan fingerprint density at radius 1 is 1.08 bits per heavy atom. The van der Waals surface area contributed by atoms with Crippen LogP contribution in [0.15, 0.2) is 24.4 Å². The molecular formula is C10H7F2N. The van der Waals surface area contributed by atoms with Crippen LogP contribution in [-0.2, 0) is 0 Å². The molecule has 2 aromatic rings. The molecule has 0 unspecified atom stereocenters. The Morgan fingerprint density at radius 2 is 1.77 bits per heavy atom. The van der Waals surface area contributed by atoms with Gasteiger partial charge in [0.2, 0.25) is 0 Å². The molecule has 0 aliphatic heterocycles. The number of nitrogens with zero attached hydrogens (tertiary/aromatic N) is 1. The first kappa shape index (κ1) is 8.10. The van der Waals surface area contributed by atoms with E-state index in [4.69, 9.17) is 0 Å². The molecule has 0 saturated carbocycles. The van der Waals surface area contributed by atoms with Gasteiger partial charge in [0.15, 0.2) is 0 Å². The predicted molar refractivity (Wildman–Crippen MR) is 46.4 cm³/mol. The van der Waals surface area contributed by atoms with Crippen LogP contribution in [0.25, 0.3) is 10.9 Å². The summed E-state index contributed by atoms with van der Waals surface area (Å²) < 4.78 is 26.3. The predicted octanol–water partition coefficient (Wildman–Crippen LogP) is 2.82. The number of benzene rings is 1. The van der Waals surface area contributed by atoms with Crippen molar-refractivity contribution in [3.63, 3.8) is 0 Å². The van der Waals surface area contributed by atoms with Gasteiger partial charge in [-0.25, -0.2) is 8.78 Å². The molecule has 1 aromatic carbocycles. The minimum absolute atomic E-state index is 0.0972. The first-order valence-corrected chi connectivity index (χ1v) is 3.89. The molecule has 0 radical (unpaired) electrons. The fourth-order valence-electron chi connectivity index (χ4n) is 1.35. The smallest absolute Gasteiger partial charge is 0.149 e. The molecule has 13 heavy (non-hydrogen) atoms. The van der Waals surface area contributed by atoms with Crippen molar-refractivity contribution in [3.05, 3.63) is 41.6 Å². The molecule has 0 aliphatic carbocycles. The molecule has 3 heteroatoms. The Bertz CT molecular complexity index is 457. The lowest BCUT2D eigenvalue weighted by molar-refractivity contribution is 0.615. The third-order valence-electron chi connectivity index (χ3n) is 2.00. The zero-order chi connectivity index (χ0) is 9.42. The molecule has 0 saturated heterocycles. The quantitative estimate of drug-likeness (QED) is 0.606. The number of halogens is 2. The number of pyridine rings is 1. The van der Waals surface area contributed by atoms with Gasteiger partial charge in [0, 0.05) is 11.6 Å². The van der Waals surface area contributed by atoms with Crippen LogP contribution in [0.3, 0.4) is 0 Å². The minimum atomic E-state index is -0.486. The van der Waals surface area contributed by atoms with Crippen LogP contribution in [0.5, 0.6) is 0 Å². The second kappa shape index (κ2) is 2.76. The second-order valence-electron chi connectivity index (χ2n) is 2.88. The average molecular weight is 179 g/mol. The van der Waals surface area contributed by atoms with Gasteiger partial charge in [-0.3, -0.25) is 4.98 Å². The van der Waals surface area contributed by atoms with Crippen LogP contribution in [-0.4, -0.2) is 4.98 Å². The Balaban J connectivity index is 3.00. The molecule has 66 valence electrons. The summed E-state index contributed by atoms with van der Waals surface area (Å²) in [4.78, 5) is 3.79. The molecule has 0 aliphatic rings. The van der Waals surface area contributed by atoms with Gasteiger partial charge >= 0.3 is 0 Å². The summed E-state index contributed by atoms with van der Waals surface area (Å²) in [7, 11) is 0. The van der Waals surface area contributed by atoms with E-state index in [1.807, 2.05) is 0 Å². The van der Waals surface area contributed by atoms with E-state index in [1.54, 1.807) is 13.0 Å². The van der Waals surface area contributed by atoms with Crippen molar-refractivity contribution in [1.29, 1.82) is 0 Å². The van der Waals surface area contributed by atoms with Gasteiger partial charge in [-0.1, -0.05) is 0 Å². The Hall–Kier alpha value is -1.51. The van der Waals surface area contributed by atoms with Crippen molar-refractivity contribution < 1.29 is 8.78 Å². The SMILES string of the molecule is Cc1ccnc2c(F)ccc(F)c12. The molecule has 0 amide bonds. The standard InChI is InChI=1S/C10H7F2N/c1-6-4-5-13-10-8(12)3-2-7(11)9(6)10/h2-5H,1H3. The van der Waals surface area contributed by atoms with Crippen LogP contribution >= 0.6 is 0 Å². The largest absolute Gasteiger partial charge is 0.253 e. The van der Waals surface area contributed by atoms with Gasteiger partial charge in [0.1, 0.15) is 17.2 Å². The van der Waals surface area contributed by atoms with E-state index in [-0.39, 0.29) is 10.9 Å². The maximum atomic E-state index is 13.2. The molecule has 1 aromatic heterocycles. The van der Waals surface area contributed by atoms with E-state index in [2.05, 4.69) is 4.98 Å². The summed E-state index contributed by atoms with van der Waals surface area (Å²) in [5.41, 5.74) is 0.794. The maximum absolute atomic E-state index is 13.2. The summed E-state index contributed by atoms with van der Waals surface area (Å²) in [6.07, 6.45) is 1.47. The number of hydrogen-bond donors (Lipinski definition) is 0. The molecule has 0 spiro atoms. The van der Waals surface area contributed by atoms with Crippen molar-refractivity contribution in [2.45, 2.75) is 6.92 Å². The molecule has 2 rings (SSSR count). The van der Waals surface area contributed by atoms with Gasteiger partial charge in [-0.05, 0) is 30.7 Å². The van der Waals surface area contributed by atoms with E-state index >= 15 is 0 Å². The summed E-state index contributed by atoms with van der Waals surface area (Å²) in [5.74, 6) is -0.915. The fourth-order valence-corrected chi connectivity index (χ4v) is 1.35. The van der Waals surface area contributed by atoms with Crippen LogP contribution in [0.1, 0.15) is 5.56 Å². The lowest BCUT2D eigenvalue weighted by atomic mass is 10.1. The van der Waals surface area contributed by atoms with Crippen LogP contribution in [0.4, 0.5) is 8.78 Å². The number of aromatic nitrogens is 1. The Morgan fingerprint density at radius 3 is 2.46 bits per heavy atom. The lowest BCUT2D eigenvalue weighted by Gasteiger charge is -2.02. The molecule has 0 N–H and O–H groups in total. The second-order valence-corrected chi connectivity index (χ2v) is 2.88. The number of fused-ring (bicyclic) bond motifs is 1. The van der Waals surface area contributed by atoms with Crippen LogP contribution < -0.4 is 0 Å². The maximum Gasteiger partial charge on any atom is 0.149 e. The zero-order valence-corrected chi connectivity index (χ0v) is 7.01. The van der Waals surface area contributed by atoms with E-state index < -0.39 is 11.6 Å². The van der Waals surface area contributed by atoms with E-state index in [0.29, 0.717) is 5.56 Å². The Kier molecular flexibility index (Phi) is 1.72. The topological polar surface area (TPSA) is 12.9 Å². The highest BCUT2D eigenvalue weighted by atomic mass is 19.1. The first-order valence-electron chi connectivity index (χ1n) is 3.89. The minimum Gasteiger partial charge on any atom is -0.253 e. The van der Waals surface area contributed by atoms with Crippen molar-refractivity contribution in [3.8, 4) is 0 Å².